The van der Waals surface area contributed by atoms with Crippen LogP contribution in [-0.2, 0) is 0 Å². The van der Waals surface area contributed by atoms with Gasteiger partial charge in [-0.05, 0) is 88.1 Å². The Labute approximate surface area is 239 Å². The Hall–Kier alpha value is -4.12. The highest BCUT2D eigenvalue weighted by atomic mass is 28.4. The summed E-state index contributed by atoms with van der Waals surface area (Å²) in [6.45, 7) is 8.60. The molecule has 2 N–H and O–H groups in total. The largest absolute Gasteiger partial charge is 0.427 e. The van der Waals surface area contributed by atoms with E-state index in [1.165, 1.54) is 5.56 Å². The predicted molar refractivity (Wildman–Crippen MR) is 174 cm³/mol. The van der Waals surface area contributed by atoms with Gasteiger partial charge in [0.1, 0.15) is 0 Å². The minimum atomic E-state index is -2.67. The Balaban J connectivity index is 1.46. The number of rotatable bonds is 9. The molecule has 40 heavy (non-hydrogen) atoms. The SMILES string of the molecule is CC(C)[Si](O)(c1cccc(N(c2ccccc2)c2ccc(-c3ccc(Nc4ccccc4)cc3)cc2)c1)C(C)C. The molecule has 0 aliphatic rings. The van der Waals surface area contributed by atoms with Crippen LogP contribution in [0.15, 0.2) is 133 Å². The molecule has 0 bridgehead atoms. The molecule has 0 heterocycles. The van der Waals surface area contributed by atoms with Crippen LogP contribution in [-0.4, -0.2) is 13.1 Å². The Morgan fingerprint density at radius 2 is 1.00 bits per heavy atom. The summed E-state index contributed by atoms with van der Waals surface area (Å²) >= 11 is 0. The van der Waals surface area contributed by atoms with Crippen LogP contribution in [0.2, 0.25) is 11.1 Å². The predicted octanol–water partition coefficient (Wildman–Crippen LogP) is 9.53. The van der Waals surface area contributed by atoms with Crippen molar-refractivity contribution in [2.45, 2.75) is 38.8 Å². The molecule has 0 atom stereocenters. The van der Waals surface area contributed by atoms with Gasteiger partial charge in [0.2, 0.25) is 8.32 Å². The summed E-state index contributed by atoms with van der Waals surface area (Å²) in [4.78, 5) is 14.1. The Bertz CT molecular complexity index is 1510. The first-order valence-electron chi connectivity index (χ1n) is 14.1. The van der Waals surface area contributed by atoms with Crippen molar-refractivity contribution in [1.29, 1.82) is 0 Å². The maximum absolute atomic E-state index is 11.9. The fourth-order valence-corrected chi connectivity index (χ4v) is 8.90. The number of hydrogen-bond donors (Lipinski definition) is 2. The number of hydrogen-bond acceptors (Lipinski definition) is 3. The van der Waals surface area contributed by atoms with Gasteiger partial charge in [0, 0.05) is 28.4 Å². The number of nitrogens with zero attached hydrogens (tertiary/aromatic N) is 1. The van der Waals surface area contributed by atoms with E-state index in [4.69, 9.17) is 0 Å². The second-order valence-corrected chi connectivity index (χ2v) is 15.5. The van der Waals surface area contributed by atoms with E-state index < -0.39 is 8.32 Å². The molecule has 0 radical (unpaired) electrons. The number of benzene rings is 5. The van der Waals surface area contributed by atoms with Crippen LogP contribution in [0.3, 0.4) is 0 Å². The molecule has 0 aliphatic heterocycles. The molecule has 0 spiro atoms. The fraction of sp³-hybridized carbons (Fsp3) is 0.167. The molecule has 0 aromatic heterocycles. The first-order valence-corrected chi connectivity index (χ1v) is 16.2. The monoisotopic (exact) mass is 542 g/mol. The van der Waals surface area contributed by atoms with E-state index in [1.807, 2.05) is 24.3 Å². The molecule has 0 aliphatic carbocycles. The van der Waals surface area contributed by atoms with Gasteiger partial charge in [-0.25, -0.2) is 0 Å². The van der Waals surface area contributed by atoms with E-state index in [-0.39, 0.29) is 11.1 Å². The van der Waals surface area contributed by atoms with Crippen LogP contribution in [0, 0.1) is 0 Å². The van der Waals surface area contributed by atoms with E-state index in [1.54, 1.807) is 0 Å². The third-order valence-corrected chi connectivity index (χ3v) is 12.5. The summed E-state index contributed by atoms with van der Waals surface area (Å²) in [7, 11) is -2.67. The van der Waals surface area contributed by atoms with E-state index in [0.717, 1.165) is 39.2 Å². The minimum Gasteiger partial charge on any atom is -0.427 e. The lowest BCUT2D eigenvalue weighted by molar-refractivity contribution is 0.513. The molecule has 4 heteroatoms. The van der Waals surface area contributed by atoms with Crippen molar-refractivity contribution in [2.75, 3.05) is 10.2 Å². The second kappa shape index (κ2) is 11.9. The zero-order valence-electron chi connectivity index (χ0n) is 23.8. The van der Waals surface area contributed by atoms with E-state index in [9.17, 15) is 4.80 Å². The van der Waals surface area contributed by atoms with Crippen LogP contribution in [0.4, 0.5) is 28.4 Å². The standard InChI is InChI=1S/C36H38N2OSi/c1-27(2)40(39,28(3)4)36-17-11-16-35(26-36)38(33-14-9-6-10-15-33)34-24-20-30(21-25-34)29-18-22-32(23-19-29)37-31-12-7-5-8-13-31/h5-28,37,39H,1-4H3. The smallest absolute Gasteiger partial charge is 0.225 e. The summed E-state index contributed by atoms with van der Waals surface area (Å²) in [6, 6.07) is 46.5. The third kappa shape index (κ3) is 5.74. The first-order chi connectivity index (χ1) is 19.4. The van der Waals surface area contributed by atoms with Gasteiger partial charge in [-0.3, -0.25) is 0 Å². The molecule has 0 saturated carbocycles. The number of anilines is 5. The zero-order valence-corrected chi connectivity index (χ0v) is 24.8. The summed E-state index contributed by atoms with van der Waals surface area (Å²) in [5.74, 6) is 0. The van der Waals surface area contributed by atoms with Gasteiger partial charge in [-0.15, -0.1) is 0 Å². The van der Waals surface area contributed by atoms with E-state index >= 15 is 0 Å². The van der Waals surface area contributed by atoms with Gasteiger partial charge in [0.15, 0.2) is 0 Å². The molecule has 0 unspecified atom stereocenters. The van der Waals surface area contributed by atoms with Gasteiger partial charge in [-0.2, -0.15) is 0 Å². The second-order valence-electron chi connectivity index (χ2n) is 11.0. The highest BCUT2D eigenvalue weighted by Gasteiger charge is 2.40. The molecule has 3 nitrogen and oxygen atoms in total. The van der Waals surface area contributed by atoms with Crippen molar-refractivity contribution in [2.24, 2.45) is 0 Å². The molecule has 5 aromatic carbocycles. The van der Waals surface area contributed by atoms with Gasteiger partial charge >= 0.3 is 0 Å². The summed E-state index contributed by atoms with van der Waals surface area (Å²) in [5.41, 5.74) is 8.14. The van der Waals surface area contributed by atoms with Crippen molar-refractivity contribution in [3.05, 3.63) is 133 Å². The van der Waals surface area contributed by atoms with Gasteiger partial charge in [0.25, 0.3) is 0 Å². The fourth-order valence-electron chi connectivity index (χ4n) is 5.49. The molecule has 0 saturated heterocycles. The lowest BCUT2D eigenvalue weighted by atomic mass is 10.0. The van der Waals surface area contributed by atoms with Gasteiger partial charge in [0.05, 0.1) is 0 Å². The molecular weight excluding hydrogens is 504 g/mol. The van der Waals surface area contributed by atoms with Crippen LogP contribution >= 0.6 is 0 Å². The lowest BCUT2D eigenvalue weighted by Crippen LogP contribution is -2.53. The quantitative estimate of drug-likeness (QED) is 0.182. The summed E-state index contributed by atoms with van der Waals surface area (Å²) in [6.07, 6.45) is 0. The first kappa shape index (κ1) is 27.4. The van der Waals surface area contributed by atoms with Crippen molar-refractivity contribution in [3.63, 3.8) is 0 Å². The molecule has 202 valence electrons. The maximum Gasteiger partial charge on any atom is 0.225 e. The van der Waals surface area contributed by atoms with Crippen molar-refractivity contribution >= 4 is 41.9 Å². The van der Waals surface area contributed by atoms with Crippen molar-refractivity contribution in [3.8, 4) is 11.1 Å². The van der Waals surface area contributed by atoms with Crippen LogP contribution in [0.5, 0.6) is 0 Å². The number of nitrogens with one attached hydrogen (secondary N) is 1. The summed E-state index contributed by atoms with van der Waals surface area (Å²) in [5, 5.41) is 4.53. The maximum atomic E-state index is 11.9. The Morgan fingerprint density at radius 3 is 1.57 bits per heavy atom. The number of para-hydroxylation sites is 2. The van der Waals surface area contributed by atoms with Gasteiger partial charge in [-0.1, -0.05) is 100 Å². The highest BCUT2D eigenvalue weighted by molar-refractivity contribution is 6.87. The molecule has 0 fully saturated rings. The molecular formula is C36H38N2OSi. The third-order valence-electron chi connectivity index (χ3n) is 7.75. The van der Waals surface area contributed by atoms with E-state index in [2.05, 4.69) is 147 Å². The van der Waals surface area contributed by atoms with Gasteiger partial charge < -0.3 is 15.0 Å². The van der Waals surface area contributed by atoms with Crippen LogP contribution in [0.25, 0.3) is 11.1 Å². The van der Waals surface area contributed by atoms with Crippen molar-refractivity contribution in [1.82, 2.24) is 0 Å². The molecule has 0 amide bonds. The minimum absolute atomic E-state index is 0.224. The Morgan fingerprint density at radius 1 is 0.525 bits per heavy atom. The Kier molecular flexibility index (Phi) is 8.20. The van der Waals surface area contributed by atoms with E-state index in [0.29, 0.717) is 0 Å². The zero-order chi connectivity index (χ0) is 28.1. The normalized spacial score (nSPS) is 11.6. The topological polar surface area (TPSA) is 35.5 Å². The molecule has 5 rings (SSSR count). The average molecular weight is 543 g/mol. The average Bonchev–Trinajstić information content (AvgIpc) is 2.99. The van der Waals surface area contributed by atoms with Crippen molar-refractivity contribution < 1.29 is 4.80 Å². The van der Waals surface area contributed by atoms with Crippen LogP contribution < -0.4 is 15.4 Å². The highest BCUT2D eigenvalue weighted by Crippen LogP contribution is 2.37. The molecule has 5 aromatic rings. The lowest BCUT2D eigenvalue weighted by Gasteiger charge is -2.35. The summed E-state index contributed by atoms with van der Waals surface area (Å²) < 4.78 is 0. The van der Waals surface area contributed by atoms with Crippen LogP contribution in [0.1, 0.15) is 27.7 Å².